The molecule has 3 aromatic rings. The van der Waals surface area contributed by atoms with E-state index in [1.807, 2.05) is 42.5 Å². The first kappa shape index (κ1) is 23.7. The second-order valence-corrected chi connectivity index (χ2v) is 8.50. The van der Waals surface area contributed by atoms with E-state index in [9.17, 15) is 4.79 Å². The number of para-hydroxylation sites is 1. The Kier molecular flexibility index (Phi) is 8.50. The molecule has 2 aromatic carbocycles. The van der Waals surface area contributed by atoms with Crippen LogP contribution in [0.4, 0.5) is 5.69 Å². The molecular weight excluding hydrogens is 455 g/mol. The number of piperazine rings is 1. The number of carbonyl (C=O) groups excluding carboxylic acids is 1. The smallest absolute Gasteiger partial charge is 0.267 e. The Balaban J connectivity index is 0.00000272. The summed E-state index contributed by atoms with van der Waals surface area (Å²) in [5, 5.41) is 5.45. The van der Waals surface area contributed by atoms with Crippen molar-refractivity contribution in [1.29, 1.82) is 0 Å². The lowest BCUT2D eigenvalue weighted by Crippen LogP contribution is -2.46. The molecule has 1 aliphatic heterocycles. The van der Waals surface area contributed by atoms with Crippen LogP contribution in [0, 0.1) is 0 Å². The lowest BCUT2D eigenvalue weighted by Gasteiger charge is -2.36. The standard InChI is InChI=1S/C23H26Cl2N4O.ClH/c24-18-7-8-22(19(25)16-18)29-13-11-28(12-14-29)10-4-3-9-26-23(30)21-15-17-5-1-2-6-20(17)27-21;/h1-2,5-8,15-16,27H,3-4,9-14H2,(H,26,30);1H. The summed E-state index contributed by atoms with van der Waals surface area (Å²) in [6.07, 6.45) is 2.03. The molecule has 0 atom stereocenters. The molecule has 0 spiro atoms. The van der Waals surface area contributed by atoms with Crippen molar-refractivity contribution in [2.75, 3.05) is 44.2 Å². The van der Waals surface area contributed by atoms with Crippen LogP contribution in [0.25, 0.3) is 10.9 Å². The van der Waals surface area contributed by atoms with Gasteiger partial charge in [-0.1, -0.05) is 41.4 Å². The lowest BCUT2D eigenvalue weighted by molar-refractivity contribution is 0.0948. The molecule has 0 radical (unpaired) electrons. The van der Waals surface area contributed by atoms with Crippen molar-refractivity contribution in [3.63, 3.8) is 0 Å². The molecule has 1 saturated heterocycles. The van der Waals surface area contributed by atoms with Crippen molar-refractivity contribution >= 4 is 58.1 Å². The van der Waals surface area contributed by atoms with Crippen LogP contribution >= 0.6 is 35.6 Å². The highest BCUT2D eigenvalue weighted by Crippen LogP contribution is 2.29. The molecule has 8 heteroatoms. The molecule has 0 aliphatic carbocycles. The molecule has 1 fully saturated rings. The monoisotopic (exact) mass is 480 g/mol. The van der Waals surface area contributed by atoms with Gasteiger partial charge in [0.25, 0.3) is 5.91 Å². The van der Waals surface area contributed by atoms with Gasteiger partial charge >= 0.3 is 0 Å². The first-order valence-electron chi connectivity index (χ1n) is 10.4. The Bertz CT molecular complexity index is 982. The molecule has 0 unspecified atom stereocenters. The third-order valence-corrected chi connectivity index (χ3v) is 6.12. The van der Waals surface area contributed by atoms with Crippen LogP contribution in [0.15, 0.2) is 48.5 Å². The van der Waals surface area contributed by atoms with E-state index in [2.05, 4.69) is 20.1 Å². The van der Waals surface area contributed by atoms with Crippen LogP contribution in [-0.2, 0) is 0 Å². The number of amides is 1. The van der Waals surface area contributed by atoms with Crippen molar-refractivity contribution in [1.82, 2.24) is 15.2 Å². The van der Waals surface area contributed by atoms with Crippen LogP contribution in [0.1, 0.15) is 23.3 Å². The van der Waals surface area contributed by atoms with Gasteiger partial charge in [-0.15, -0.1) is 12.4 Å². The van der Waals surface area contributed by atoms with Gasteiger partial charge in [-0.25, -0.2) is 0 Å². The fourth-order valence-electron chi connectivity index (χ4n) is 3.90. The molecule has 1 amide bonds. The average molecular weight is 482 g/mol. The number of unbranched alkanes of at least 4 members (excludes halogenated alkanes) is 1. The van der Waals surface area contributed by atoms with E-state index in [0.29, 0.717) is 22.3 Å². The lowest BCUT2D eigenvalue weighted by atomic mass is 10.2. The number of H-pyrrole nitrogens is 1. The summed E-state index contributed by atoms with van der Waals surface area (Å²) < 4.78 is 0. The second kappa shape index (κ2) is 11.1. The number of aromatic amines is 1. The third kappa shape index (κ3) is 6.07. The van der Waals surface area contributed by atoms with E-state index < -0.39 is 0 Å². The molecule has 1 aliphatic rings. The minimum Gasteiger partial charge on any atom is -0.368 e. The van der Waals surface area contributed by atoms with Crippen LogP contribution in [0.5, 0.6) is 0 Å². The zero-order valence-corrected chi connectivity index (χ0v) is 19.6. The highest BCUT2D eigenvalue weighted by Gasteiger charge is 2.18. The number of carbonyl (C=O) groups is 1. The highest BCUT2D eigenvalue weighted by molar-refractivity contribution is 6.36. The van der Waals surface area contributed by atoms with E-state index in [1.54, 1.807) is 6.07 Å². The molecule has 0 bridgehead atoms. The quantitative estimate of drug-likeness (QED) is 0.454. The maximum absolute atomic E-state index is 12.3. The van der Waals surface area contributed by atoms with Gasteiger partial charge in [0, 0.05) is 48.6 Å². The molecule has 0 saturated carbocycles. The van der Waals surface area contributed by atoms with Crippen molar-refractivity contribution in [2.24, 2.45) is 0 Å². The highest BCUT2D eigenvalue weighted by atomic mass is 35.5. The van der Waals surface area contributed by atoms with E-state index in [1.165, 1.54) is 0 Å². The summed E-state index contributed by atoms with van der Waals surface area (Å²) in [7, 11) is 0. The summed E-state index contributed by atoms with van der Waals surface area (Å²) >= 11 is 12.3. The fourth-order valence-corrected chi connectivity index (χ4v) is 4.43. The third-order valence-electron chi connectivity index (χ3n) is 5.58. The summed E-state index contributed by atoms with van der Waals surface area (Å²) in [4.78, 5) is 20.3. The predicted molar refractivity (Wildman–Crippen MR) is 132 cm³/mol. The van der Waals surface area contributed by atoms with Crippen LogP contribution in [0.2, 0.25) is 10.0 Å². The zero-order valence-electron chi connectivity index (χ0n) is 17.2. The van der Waals surface area contributed by atoms with Crippen molar-refractivity contribution in [3.8, 4) is 0 Å². The van der Waals surface area contributed by atoms with E-state index in [4.69, 9.17) is 23.2 Å². The minimum atomic E-state index is -0.0420. The molecule has 2 heterocycles. The van der Waals surface area contributed by atoms with Crippen LogP contribution in [-0.4, -0.2) is 55.1 Å². The summed E-state index contributed by atoms with van der Waals surface area (Å²) in [5.41, 5.74) is 2.66. The van der Waals surface area contributed by atoms with Gasteiger partial charge in [0.05, 0.1) is 10.7 Å². The number of fused-ring (bicyclic) bond motifs is 1. The number of hydrogen-bond acceptors (Lipinski definition) is 3. The van der Waals surface area contributed by atoms with E-state index in [-0.39, 0.29) is 18.3 Å². The second-order valence-electron chi connectivity index (χ2n) is 7.66. The summed E-state index contributed by atoms with van der Waals surface area (Å²) in [6.45, 7) is 5.68. The van der Waals surface area contributed by atoms with E-state index in [0.717, 1.165) is 62.2 Å². The molecule has 4 rings (SSSR count). The molecule has 5 nitrogen and oxygen atoms in total. The van der Waals surface area contributed by atoms with Crippen LogP contribution < -0.4 is 10.2 Å². The molecule has 2 N–H and O–H groups in total. The van der Waals surface area contributed by atoms with Crippen molar-refractivity contribution in [2.45, 2.75) is 12.8 Å². The number of rotatable bonds is 7. The van der Waals surface area contributed by atoms with Gasteiger partial charge in [-0.05, 0) is 49.7 Å². The molecule has 1 aromatic heterocycles. The Labute approximate surface area is 199 Å². The number of aromatic nitrogens is 1. The largest absolute Gasteiger partial charge is 0.368 e. The van der Waals surface area contributed by atoms with Gasteiger partial charge in [-0.3, -0.25) is 9.69 Å². The predicted octanol–water partition coefficient (Wildman–Crippen LogP) is 5.23. The van der Waals surface area contributed by atoms with Gasteiger partial charge < -0.3 is 15.2 Å². The molecule has 31 heavy (non-hydrogen) atoms. The number of anilines is 1. The maximum Gasteiger partial charge on any atom is 0.267 e. The van der Waals surface area contributed by atoms with Crippen LogP contribution in [0.3, 0.4) is 0 Å². The normalized spacial score (nSPS) is 14.5. The minimum absolute atomic E-state index is 0. The number of benzene rings is 2. The van der Waals surface area contributed by atoms with E-state index >= 15 is 0 Å². The molecular formula is C23H27Cl3N4O. The van der Waals surface area contributed by atoms with Gasteiger partial charge in [0.2, 0.25) is 0 Å². The van der Waals surface area contributed by atoms with Gasteiger partial charge in [0.15, 0.2) is 0 Å². The molecule has 166 valence electrons. The first-order chi connectivity index (χ1) is 14.6. The number of nitrogens with zero attached hydrogens (tertiary/aromatic N) is 2. The first-order valence-corrected chi connectivity index (χ1v) is 11.1. The Morgan fingerprint density at radius 3 is 2.52 bits per heavy atom. The zero-order chi connectivity index (χ0) is 20.9. The Morgan fingerprint density at radius 2 is 1.77 bits per heavy atom. The Morgan fingerprint density at radius 1 is 1.00 bits per heavy atom. The fraction of sp³-hybridized carbons (Fsp3) is 0.348. The number of hydrogen-bond donors (Lipinski definition) is 2. The van der Waals surface area contributed by atoms with Crippen molar-refractivity contribution < 1.29 is 4.79 Å². The number of nitrogens with one attached hydrogen (secondary N) is 2. The Hall–Kier alpha value is -1.92. The average Bonchev–Trinajstić information content (AvgIpc) is 3.18. The van der Waals surface area contributed by atoms with Crippen molar-refractivity contribution in [3.05, 3.63) is 64.3 Å². The summed E-state index contributed by atoms with van der Waals surface area (Å²) in [6, 6.07) is 15.5. The number of halogens is 3. The maximum atomic E-state index is 12.3. The van der Waals surface area contributed by atoms with Gasteiger partial charge in [0.1, 0.15) is 5.69 Å². The van der Waals surface area contributed by atoms with Gasteiger partial charge in [-0.2, -0.15) is 0 Å². The SMILES string of the molecule is Cl.O=C(NCCCCN1CCN(c2ccc(Cl)cc2Cl)CC1)c1cc2ccccc2[nH]1. The summed E-state index contributed by atoms with van der Waals surface area (Å²) in [5.74, 6) is -0.0420. The topological polar surface area (TPSA) is 51.4 Å².